The summed E-state index contributed by atoms with van der Waals surface area (Å²) >= 11 is 5.54. The van der Waals surface area contributed by atoms with E-state index in [1.165, 1.54) is 0 Å². The SMILES string of the molecule is C=C(OC)C(c1ccccc1)C1CCCCN1C(=O)OCCl. The third-order valence-electron chi connectivity index (χ3n) is 4.11. The Hall–Kier alpha value is -1.68. The summed E-state index contributed by atoms with van der Waals surface area (Å²) in [5.41, 5.74) is 1.09. The van der Waals surface area contributed by atoms with Crippen LogP contribution in [-0.4, -0.2) is 36.8 Å². The van der Waals surface area contributed by atoms with Crippen LogP contribution in [0.15, 0.2) is 42.7 Å². The van der Waals surface area contributed by atoms with Crippen molar-refractivity contribution >= 4 is 17.7 Å². The van der Waals surface area contributed by atoms with Gasteiger partial charge in [0.2, 0.25) is 0 Å². The first-order valence-electron chi connectivity index (χ1n) is 7.46. The Labute approximate surface area is 136 Å². The number of ether oxygens (including phenoxy) is 2. The summed E-state index contributed by atoms with van der Waals surface area (Å²) < 4.78 is 10.4. The number of nitrogens with zero attached hydrogens (tertiary/aromatic N) is 1. The molecule has 22 heavy (non-hydrogen) atoms. The van der Waals surface area contributed by atoms with E-state index in [9.17, 15) is 4.79 Å². The first-order valence-corrected chi connectivity index (χ1v) is 7.99. The second kappa shape index (κ2) is 8.08. The molecule has 4 nitrogen and oxygen atoms in total. The molecule has 0 spiro atoms. The fourth-order valence-electron chi connectivity index (χ4n) is 3.07. The molecule has 2 unspecified atom stereocenters. The summed E-state index contributed by atoms with van der Waals surface area (Å²) in [5, 5.41) is 0. The zero-order chi connectivity index (χ0) is 15.9. The molecule has 1 saturated heterocycles. The third kappa shape index (κ3) is 3.74. The molecule has 0 aliphatic carbocycles. The van der Waals surface area contributed by atoms with Crippen molar-refractivity contribution in [2.24, 2.45) is 0 Å². The largest absolute Gasteiger partial charge is 0.501 e. The van der Waals surface area contributed by atoms with E-state index in [0.717, 1.165) is 24.8 Å². The van der Waals surface area contributed by atoms with Gasteiger partial charge in [0.05, 0.1) is 18.8 Å². The van der Waals surface area contributed by atoms with Crippen LogP contribution < -0.4 is 0 Å². The summed E-state index contributed by atoms with van der Waals surface area (Å²) in [4.78, 5) is 14.0. The molecule has 1 aliphatic heterocycles. The van der Waals surface area contributed by atoms with Crippen molar-refractivity contribution in [3.8, 4) is 0 Å². The Kier molecular flexibility index (Phi) is 6.13. The van der Waals surface area contributed by atoms with Crippen LogP contribution in [0.1, 0.15) is 30.7 Å². The molecular weight excluding hydrogens is 302 g/mol. The molecular formula is C17H22ClNO3. The third-order valence-corrected chi connectivity index (χ3v) is 4.22. The fraction of sp³-hybridized carbons (Fsp3) is 0.471. The zero-order valence-electron chi connectivity index (χ0n) is 12.8. The van der Waals surface area contributed by atoms with E-state index in [0.29, 0.717) is 12.3 Å². The van der Waals surface area contributed by atoms with Crippen LogP contribution in [0.5, 0.6) is 0 Å². The number of carbonyl (C=O) groups excluding carboxylic acids is 1. The lowest BCUT2D eigenvalue weighted by Crippen LogP contribution is -2.47. The van der Waals surface area contributed by atoms with E-state index in [1.807, 2.05) is 30.3 Å². The highest BCUT2D eigenvalue weighted by molar-refractivity contribution is 6.17. The maximum atomic E-state index is 12.2. The van der Waals surface area contributed by atoms with Gasteiger partial charge in [0.1, 0.15) is 0 Å². The normalized spacial score (nSPS) is 19.4. The Morgan fingerprint density at radius 2 is 2.14 bits per heavy atom. The number of amides is 1. The van der Waals surface area contributed by atoms with E-state index in [-0.39, 0.29) is 24.1 Å². The highest BCUT2D eigenvalue weighted by Gasteiger charge is 2.36. The van der Waals surface area contributed by atoms with Gasteiger partial charge in [-0.25, -0.2) is 4.79 Å². The molecule has 0 radical (unpaired) electrons. The lowest BCUT2D eigenvalue weighted by molar-refractivity contribution is 0.0734. The molecule has 1 heterocycles. The van der Waals surface area contributed by atoms with Crippen molar-refractivity contribution in [1.29, 1.82) is 0 Å². The summed E-state index contributed by atoms with van der Waals surface area (Å²) in [5.74, 6) is 0.580. The first-order chi connectivity index (χ1) is 10.7. The first kappa shape index (κ1) is 16.7. The minimum Gasteiger partial charge on any atom is -0.501 e. The van der Waals surface area contributed by atoms with Crippen LogP contribution in [0.4, 0.5) is 4.79 Å². The van der Waals surface area contributed by atoms with Gasteiger partial charge in [-0.1, -0.05) is 48.5 Å². The van der Waals surface area contributed by atoms with E-state index >= 15 is 0 Å². The van der Waals surface area contributed by atoms with Gasteiger partial charge in [-0.15, -0.1) is 0 Å². The van der Waals surface area contributed by atoms with Gasteiger partial charge >= 0.3 is 6.09 Å². The Bertz CT molecular complexity index is 506. The van der Waals surface area contributed by atoms with Gasteiger partial charge in [-0.3, -0.25) is 0 Å². The minimum atomic E-state index is -0.371. The predicted octanol–water partition coefficient (Wildman–Crippen LogP) is 4.12. The molecule has 1 aromatic rings. The van der Waals surface area contributed by atoms with Crippen LogP contribution in [0, 0.1) is 0 Å². The van der Waals surface area contributed by atoms with Gasteiger partial charge in [-0.2, -0.15) is 0 Å². The molecule has 5 heteroatoms. The topological polar surface area (TPSA) is 38.8 Å². The number of rotatable bonds is 5. The molecule has 1 amide bonds. The van der Waals surface area contributed by atoms with E-state index < -0.39 is 0 Å². The molecule has 2 rings (SSSR count). The van der Waals surface area contributed by atoms with Gasteiger partial charge in [0.25, 0.3) is 0 Å². The average molecular weight is 324 g/mol. The Morgan fingerprint density at radius 3 is 2.77 bits per heavy atom. The number of carbonyl (C=O) groups is 1. The van der Waals surface area contributed by atoms with Crippen LogP contribution in [0.25, 0.3) is 0 Å². The number of hydrogen-bond donors (Lipinski definition) is 0. The van der Waals surface area contributed by atoms with E-state index in [2.05, 4.69) is 6.58 Å². The summed E-state index contributed by atoms with van der Waals surface area (Å²) in [7, 11) is 1.61. The van der Waals surface area contributed by atoms with Crippen LogP contribution in [-0.2, 0) is 9.47 Å². The molecule has 2 atom stereocenters. The Balaban J connectivity index is 2.31. The standard InChI is InChI=1S/C17H22ClNO3/c1-13(21-2)16(14-8-4-3-5-9-14)15-10-6-7-11-19(15)17(20)22-12-18/h3-5,8-9,15-16H,1,6-7,10-12H2,2H3. The Morgan fingerprint density at radius 1 is 1.41 bits per heavy atom. The molecule has 0 bridgehead atoms. The fourth-order valence-corrected chi connectivity index (χ4v) is 3.16. The van der Waals surface area contributed by atoms with Crippen LogP contribution >= 0.6 is 11.6 Å². The number of likely N-dealkylation sites (tertiary alicyclic amines) is 1. The number of hydrogen-bond acceptors (Lipinski definition) is 3. The summed E-state index contributed by atoms with van der Waals surface area (Å²) in [6.07, 6.45) is 2.55. The van der Waals surface area contributed by atoms with Crippen LogP contribution in [0.3, 0.4) is 0 Å². The molecule has 0 saturated carbocycles. The van der Waals surface area contributed by atoms with Crippen molar-refractivity contribution in [2.45, 2.75) is 31.2 Å². The number of methoxy groups -OCH3 is 1. The maximum absolute atomic E-state index is 12.2. The number of benzene rings is 1. The monoisotopic (exact) mass is 323 g/mol. The van der Waals surface area contributed by atoms with E-state index in [1.54, 1.807) is 12.0 Å². The zero-order valence-corrected chi connectivity index (χ0v) is 13.6. The molecule has 0 aromatic heterocycles. The van der Waals surface area contributed by atoms with Crippen molar-refractivity contribution in [1.82, 2.24) is 4.90 Å². The highest BCUT2D eigenvalue weighted by Crippen LogP contribution is 2.35. The summed E-state index contributed by atoms with van der Waals surface area (Å²) in [6.45, 7) is 4.71. The molecule has 1 fully saturated rings. The second-order valence-electron chi connectivity index (χ2n) is 5.33. The summed E-state index contributed by atoms with van der Waals surface area (Å²) in [6, 6.07) is 9.84. The lowest BCUT2D eigenvalue weighted by Gasteiger charge is -2.40. The van der Waals surface area contributed by atoms with Crippen molar-refractivity contribution in [3.05, 3.63) is 48.2 Å². The van der Waals surface area contributed by atoms with Crippen molar-refractivity contribution in [2.75, 3.05) is 19.7 Å². The van der Waals surface area contributed by atoms with Gasteiger partial charge < -0.3 is 14.4 Å². The lowest BCUT2D eigenvalue weighted by atomic mass is 9.84. The van der Waals surface area contributed by atoms with Gasteiger partial charge in [0.15, 0.2) is 6.07 Å². The molecule has 1 aromatic carbocycles. The van der Waals surface area contributed by atoms with Gasteiger partial charge in [-0.05, 0) is 24.8 Å². The highest BCUT2D eigenvalue weighted by atomic mass is 35.5. The smallest absolute Gasteiger partial charge is 0.411 e. The average Bonchev–Trinajstić information content (AvgIpc) is 2.56. The molecule has 0 N–H and O–H groups in total. The van der Waals surface area contributed by atoms with E-state index in [4.69, 9.17) is 21.1 Å². The minimum absolute atomic E-state index is 0.0284. The quantitative estimate of drug-likeness (QED) is 0.604. The predicted molar refractivity (Wildman–Crippen MR) is 86.9 cm³/mol. The second-order valence-corrected chi connectivity index (χ2v) is 5.55. The van der Waals surface area contributed by atoms with Crippen molar-refractivity contribution < 1.29 is 14.3 Å². The van der Waals surface area contributed by atoms with Crippen molar-refractivity contribution in [3.63, 3.8) is 0 Å². The molecule has 1 aliphatic rings. The maximum Gasteiger partial charge on any atom is 0.411 e. The number of piperidine rings is 1. The van der Waals surface area contributed by atoms with Crippen LogP contribution in [0.2, 0.25) is 0 Å². The number of halogens is 1. The number of alkyl halides is 1. The van der Waals surface area contributed by atoms with Gasteiger partial charge in [0, 0.05) is 12.6 Å². The molecule has 120 valence electrons.